The molecule has 1 unspecified atom stereocenters. The van der Waals surface area contributed by atoms with Crippen LogP contribution in [0.2, 0.25) is 0 Å². The molecule has 0 fully saturated rings. The summed E-state index contributed by atoms with van der Waals surface area (Å²) < 4.78 is 10.9. The van der Waals surface area contributed by atoms with Crippen molar-refractivity contribution < 1.29 is 14.3 Å². The van der Waals surface area contributed by atoms with Crippen molar-refractivity contribution >= 4 is 12.0 Å². The lowest BCUT2D eigenvalue weighted by Crippen LogP contribution is -2.31. The van der Waals surface area contributed by atoms with Gasteiger partial charge in [0.15, 0.2) is 18.1 Å². The molecule has 0 aliphatic heterocycles. The van der Waals surface area contributed by atoms with Crippen LogP contribution in [-0.4, -0.2) is 24.6 Å². The highest BCUT2D eigenvalue weighted by atomic mass is 16.5. The van der Waals surface area contributed by atoms with Gasteiger partial charge in [-0.2, -0.15) is 0 Å². The number of nitrogens with one attached hydrogen (secondary N) is 1. The van der Waals surface area contributed by atoms with Gasteiger partial charge in [0, 0.05) is 12.4 Å². The molecule has 1 heterocycles. The van der Waals surface area contributed by atoms with Crippen molar-refractivity contribution in [1.29, 1.82) is 0 Å². The normalized spacial score (nSPS) is 12.0. The largest absolute Gasteiger partial charge is 0.493 e. The molecule has 5 nitrogen and oxygen atoms in total. The van der Waals surface area contributed by atoms with Gasteiger partial charge in [-0.15, -0.1) is 0 Å². The van der Waals surface area contributed by atoms with Crippen LogP contribution < -0.4 is 14.8 Å². The summed E-state index contributed by atoms with van der Waals surface area (Å²) in [5, 5.41) is 2.89. The van der Waals surface area contributed by atoms with E-state index < -0.39 is 0 Å². The van der Waals surface area contributed by atoms with E-state index >= 15 is 0 Å². The number of methoxy groups -OCH3 is 1. The Kier molecular flexibility index (Phi) is 6.37. The zero-order chi connectivity index (χ0) is 17.4. The van der Waals surface area contributed by atoms with E-state index in [1.807, 2.05) is 50.3 Å². The SMILES string of the molecule is C/C=C/c1ccc(OCC(=O)NC(C)c2ccncc2)c(OC)c1. The Bertz CT molecular complexity index is 699. The molecule has 5 heteroatoms. The Morgan fingerprint density at radius 2 is 2.00 bits per heavy atom. The standard InChI is InChI=1S/C19H22N2O3/c1-4-5-15-6-7-17(18(12-15)23-3)24-13-19(22)21-14(2)16-8-10-20-11-9-16/h4-12,14H,13H2,1-3H3,(H,21,22)/b5-4+. The maximum Gasteiger partial charge on any atom is 0.258 e. The van der Waals surface area contributed by atoms with Crippen LogP contribution >= 0.6 is 0 Å². The molecular weight excluding hydrogens is 304 g/mol. The summed E-state index contributed by atoms with van der Waals surface area (Å²) in [4.78, 5) is 16.0. The monoisotopic (exact) mass is 326 g/mol. The second kappa shape index (κ2) is 8.72. The molecule has 0 saturated heterocycles. The minimum Gasteiger partial charge on any atom is -0.493 e. The third-order valence-electron chi connectivity index (χ3n) is 3.49. The van der Waals surface area contributed by atoms with Crippen LogP contribution in [0.5, 0.6) is 11.5 Å². The van der Waals surface area contributed by atoms with E-state index in [1.54, 1.807) is 25.6 Å². The number of nitrogens with zero attached hydrogens (tertiary/aromatic N) is 1. The topological polar surface area (TPSA) is 60.5 Å². The first-order valence-electron chi connectivity index (χ1n) is 7.77. The maximum absolute atomic E-state index is 12.1. The van der Waals surface area contributed by atoms with Crippen molar-refractivity contribution in [2.24, 2.45) is 0 Å². The Labute approximate surface area is 142 Å². The molecule has 0 saturated carbocycles. The average molecular weight is 326 g/mol. The molecule has 1 amide bonds. The van der Waals surface area contributed by atoms with Crippen LogP contribution in [0.4, 0.5) is 0 Å². The van der Waals surface area contributed by atoms with Crippen molar-refractivity contribution in [3.05, 3.63) is 59.9 Å². The van der Waals surface area contributed by atoms with Crippen molar-refractivity contribution in [1.82, 2.24) is 10.3 Å². The predicted molar refractivity (Wildman–Crippen MR) is 94.0 cm³/mol. The van der Waals surface area contributed by atoms with Gasteiger partial charge in [0.05, 0.1) is 13.2 Å². The third kappa shape index (κ3) is 4.84. The van der Waals surface area contributed by atoms with Gasteiger partial charge in [-0.25, -0.2) is 0 Å². The summed E-state index contributed by atoms with van der Waals surface area (Å²) in [5.41, 5.74) is 2.00. The first-order valence-corrected chi connectivity index (χ1v) is 7.77. The highest BCUT2D eigenvalue weighted by molar-refractivity contribution is 5.78. The number of hydrogen-bond donors (Lipinski definition) is 1. The van der Waals surface area contributed by atoms with Crippen molar-refractivity contribution in [3.63, 3.8) is 0 Å². The molecule has 1 N–H and O–H groups in total. The minimum atomic E-state index is -0.195. The van der Waals surface area contributed by atoms with E-state index in [9.17, 15) is 4.79 Å². The first-order chi connectivity index (χ1) is 11.6. The molecule has 0 bridgehead atoms. The molecule has 0 radical (unpaired) electrons. The van der Waals surface area contributed by atoms with E-state index in [1.165, 1.54) is 0 Å². The molecule has 24 heavy (non-hydrogen) atoms. The molecular formula is C19H22N2O3. The molecule has 2 rings (SSSR count). The van der Waals surface area contributed by atoms with Crippen molar-refractivity contribution in [3.8, 4) is 11.5 Å². The van der Waals surface area contributed by atoms with Gasteiger partial charge < -0.3 is 14.8 Å². The smallest absolute Gasteiger partial charge is 0.258 e. The third-order valence-corrected chi connectivity index (χ3v) is 3.49. The number of allylic oxidation sites excluding steroid dienone is 1. The van der Waals surface area contributed by atoms with E-state index in [0.29, 0.717) is 11.5 Å². The van der Waals surface area contributed by atoms with Gasteiger partial charge in [-0.1, -0.05) is 18.2 Å². The quantitative estimate of drug-likeness (QED) is 0.847. The highest BCUT2D eigenvalue weighted by Gasteiger charge is 2.11. The summed E-state index contributed by atoms with van der Waals surface area (Å²) in [7, 11) is 1.58. The summed E-state index contributed by atoms with van der Waals surface area (Å²) in [6.45, 7) is 3.79. The number of carbonyl (C=O) groups excluding carboxylic acids is 1. The van der Waals surface area contributed by atoms with E-state index in [-0.39, 0.29) is 18.6 Å². The Hall–Kier alpha value is -2.82. The molecule has 1 aromatic carbocycles. The molecule has 0 aliphatic rings. The lowest BCUT2D eigenvalue weighted by Gasteiger charge is -2.15. The van der Waals surface area contributed by atoms with Crippen LogP contribution in [-0.2, 0) is 4.79 Å². The lowest BCUT2D eigenvalue weighted by molar-refractivity contribution is -0.123. The molecule has 0 spiro atoms. The number of pyridine rings is 1. The van der Waals surface area contributed by atoms with E-state index in [2.05, 4.69) is 10.3 Å². The number of benzene rings is 1. The second-order valence-electron chi connectivity index (χ2n) is 5.27. The number of amides is 1. The van der Waals surface area contributed by atoms with Gasteiger partial charge in [-0.05, 0) is 49.2 Å². The predicted octanol–water partition coefficient (Wildman–Crippen LogP) is 3.38. The van der Waals surface area contributed by atoms with E-state index in [0.717, 1.165) is 11.1 Å². The zero-order valence-corrected chi connectivity index (χ0v) is 14.2. The number of ether oxygens (including phenoxy) is 2. The summed E-state index contributed by atoms with van der Waals surface area (Å²) in [6.07, 6.45) is 7.32. The molecule has 126 valence electrons. The summed E-state index contributed by atoms with van der Waals surface area (Å²) >= 11 is 0. The summed E-state index contributed by atoms with van der Waals surface area (Å²) in [6, 6.07) is 9.21. The average Bonchev–Trinajstić information content (AvgIpc) is 2.61. The first kappa shape index (κ1) is 17.5. The Morgan fingerprint density at radius 1 is 1.25 bits per heavy atom. The van der Waals surface area contributed by atoms with Crippen LogP contribution in [0.3, 0.4) is 0 Å². The minimum absolute atomic E-state index is 0.0747. The summed E-state index contributed by atoms with van der Waals surface area (Å²) in [5.74, 6) is 0.942. The molecule has 2 aromatic rings. The number of rotatable bonds is 7. The van der Waals surface area contributed by atoms with E-state index in [4.69, 9.17) is 9.47 Å². The molecule has 0 aliphatic carbocycles. The van der Waals surface area contributed by atoms with Crippen LogP contribution in [0.1, 0.15) is 31.0 Å². The van der Waals surface area contributed by atoms with Gasteiger partial charge in [0.2, 0.25) is 0 Å². The van der Waals surface area contributed by atoms with Gasteiger partial charge in [-0.3, -0.25) is 9.78 Å². The Balaban J connectivity index is 1.94. The highest BCUT2D eigenvalue weighted by Crippen LogP contribution is 2.28. The number of carbonyl (C=O) groups is 1. The van der Waals surface area contributed by atoms with Crippen LogP contribution in [0.25, 0.3) is 6.08 Å². The number of hydrogen-bond acceptors (Lipinski definition) is 4. The fourth-order valence-electron chi connectivity index (χ4n) is 2.26. The van der Waals surface area contributed by atoms with Gasteiger partial charge >= 0.3 is 0 Å². The second-order valence-corrected chi connectivity index (χ2v) is 5.27. The Morgan fingerprint density at radius 3 is 2.67 bits per heavy atom. The lowest BCUT2D eigenvalue weighted by atomic mass is 10.1. The van der Waals surface area contributed by atoms with Gasteiger partial charge in [0.25, 0.3) is 5.91 Å². The van der Waals surface area contributed by atoms with Crippen molar-refractivity contribution in [2.45, 2.75) is 19.9 Å². The fourth-order valence-corrected chi connectivity index (χ4v) is 2.26. The van der Waals surface area contributed by atoms with Gasteiger partial charge in [0.1, 0.15) is 0 Å². The number of aromatic nitrogens is 1. The van der Waals surface area contributed by atoms with Crippen molar-refractivity contribution in [2.75, 3.05) is 13.7 Å². The zero-order valence-electron chi connectivity index (χ0n) is 14.2. The molecule has 1 aromatic heterocycles. The fraction of sp³-hybridized carbons (Fsp3) is 0.263. The van der Waals surface area contributed by atoms with Crippen LogP contribution in [0.15, 0.2) is 48.8 Å². The molecule has 1 atom stereocenters. The maximum atomic E-state index is 12.1. The van der Waals surface area contributed by atoms with Crippen LogP contribution in [0, 0.1) is 0 Å².